The van der Waals surface area contributed by atoms with Crippen molar-refractivity contribution in [1.82, 2.24) is 4.57 Å². The van der Waals surface area contributed by atoms with Crippen LogP contribution in [0.4, 0.5) is 11.4 Å². The number of anilines is 2. The molecule has 0 saturated heterocycles. The Morgan fingerprint density at radius 2 is 1.90 bits per heavy atom. The third-order valence-electron chi connectivity index (χ3n) is 5.26. The van der Waals surface area contributed by atoms with Crippen LogP contribution in [0.15, 0.2) is 52.3 Å². The first-order valence-corrected chi connectivity index (χ1v) is 10.7. The summed E-state index contributed by atoms with van der Waals surface area (Å²) in [6, 6.07) is 13.0. The monoisotopic (exact) mass is 436 g/mol. The molecule has 0 atom stereocenters. The first-order chi connectivity index (χ1) is 15.1. The molecule has 2 aliphatic rings. The fourth-order valence-electron chi connectivity index (χ4n) is 3.75. The number of fused-ring (bicyclic) bond motifs is 2. The van der Waals surface area contributed by atoms with Crippen LogP contribution < -0.4 is 34.6 Å². The lowest BCUT2D eigenvalue weighted by Crippen LogP contribution is -2.43. The van der Waals surface area contributed by atoms with E-state index in [9.17, 15) is 9.59 Å². The fourth-order valence-corrected chi connectivity index (χ4v) is 4.80. The maximum Gasteiger partial charge on any atom is 0.272 e. The molecule has 1 amide bonds. The van der Waals surface area contributed by atoms with Gasteiger partial charge in [0.2, 0.25) is 0 Å². The van der Waals surface area contributed by atoms with Crippen LogP contribution in [-0.2, 0) is 11.5 Å². The van der Waals surface area contributed by atoms with Crippen molar-refractivity contribution in [1.29, 1.82) is 0 Å². The van der Waals surface area contributed by atoms with E-state index >= 15 is 0 Å². The number of thiazole rings is 1. The van der Waals surface area contributed by atoms with Crippen LogP contribution in [0.1, 0.15) is 12.5 Å². The van der Waals surface area contributed by atoms with E-state index in [1.165, 1.54) is 11.3 Å². The second-order valence-corrected chi connectivity index (χ2v) is 8.07. The average molecular weight is 436 g/mol. The van der Waals surface area contributed by atoms with Crippen molar-refractivity contribution < 1.29 is 14.3 Å². The molecule has 0 unspecified atom stereocenters. The summed E-state index contributed by atoms with van der Waals surface area (Å²) in [5.74, 6) is 1.14. The van der Waals surface area contributed by atoms with Crippen LogP contribution >= 0.6 is 11.3 Å². The van der Waals surface area contributed by atoms with Crippen LogP contribution in [0.3, 0.4) is 0 Å². The molecule has 0 aliphatic carbocycles. The molecule has 0 saturated carbocycles. The summed E-state index contributed by atoms with van der Waals surface area (Å²) in [5.41, 5.74) is 2.45. The highest BCUT2D eigenvalue weighted by Crippen LogP contribution is 2.33. The predicted molar refractivity (Wildman–Crippen MR) is 118 cm³/mol. The van der Waals surface area contributed by atoms with Gasteiger partial charge in [0.25, 0.3) is 11.5 Å². The van der Waals surface area contributed by atoms with E-state index in [0.717, 1.165) is 11.4 Å². The first-order valence-electron chi connectivity index (χ1n) is 9.85. The Kier molecular flexibility index (Phi) is 4.74. The zero-order valence-electron chi connectivity index (χ0n) is 17.0. The molecule has 0 fully saturated rings. The molecule has 2 aliphatic heterocycles. The van der Waals surface area contributed by atoms with Crippen LogP contribution in [0, 0.1) is 0 Å². The van der Waals surface area contributed by atoms with Crippen molar-refractivity contribution in [3.05, 3.63) is 67.7 Å². The fraction of sp³-hybridized carbons (Fsp3) is 0.227. The van der Waals surface area contributed by atoms with Gasteiger partial charge in [0.05, 0.1) is 19.3 Å². The maximum atomic E-state index is 13.3. The van der Waals surface area contributed by atoms with Crippen molar-refractivity contribution >= 4 is 34.2 Å². The number of nitrogens with one attached hydrogen (secondary N) is 1. The van der Waals surface area contributed by atoms with Crippen molar-refractivity contribution in [2.45, 2.75) is 13.6 Å². The molecular formula is C22H20N4O4S. The topological polar surface area (TPSA) is 85.2 Å². The van der Waals surface area contributed by atoms with E-state index < -0.39 is 0 Å². The summed E-state index contributed by atoms with van der Waals surface area (Å²) in [6.45, 7) is 3.21. The second kappa shape index (κ2) is 7.59. The molecule has 9 heteroatoms. The lowest BCUT2D eigenvalue weighted by atomic mass is 10.1. The smallest absolute Gasteiger partial charge is 0.272 e. The van der Waals surface area contributed by atoms with E-state index in [1.807, 2.05) is 36.1 Å². The van der Waals surface area contributed by atoms with Gasteiger partial charge in [-0.25, -0.2) is 4.99 Å². The molecule has 31 heavy (non-hydrogen) atoms. The Morgan fingerprint density at radius 1 is 1.13 bits per heavy atom. The lowest BCUT2D eigenvalue weighted by Gasteiger charge is -2.25. The summed E-state index contributed by atoms with van der Waals surface area (Å²) in [6.07, 6.45) is 0. The molecule has 1 N–H and O–H groups in total. The molecule has 0 radical (unpaired) electrons. The number of aromatic nitrogens is 1. The van der Waals surface area contributed by atoms with Gasteiger partial charge in [-0.1, -0.05) is 11.3 Å². The van der Waals surface area contributed by atoms with Gasteiger partial charge >= 0.3 is 0 Å². The Hall–Kier alpha value is -3.59. The van der Waals surface area contributed by atoms with Crippen molar-refractivity contribution in [3.63, 3.8) is 0 Å². The van der Waals surface area contributed by atoms with Gasteiger partial charge in [0, 0.05) is 16.9 Å². The van der Waals surface area contributed by atoms with Gasteiger partial charge < -0.3 is 19.7 Å². The molecule has 3 aromatic rings. The van der Waals surface area contributed by atoms with E-state index in [1.54, 1.807) is 29.9 Å². The molecule has 5 rings (SSSR count). The number of ether oxygens (including phenoxy) is 2. The number of amides is 1. The molecule has 8 nitrogen and oxygen atoms in total. The summed E-state index contributed by atoms with van der Waals surface area (Å²) >= 11 is 1.25. The van der Waals surface area contributed by atoms with E-state index in [4.69, 9.17) is 9.47 Å². The molecule has 2 aromatic carbocycles. The van der Waals surface area contributed by atoms with Gasteiger partial charge in [-0.2, -0.15) is 0 Å². The Balaban J connectivity index is 1.58. The van der Waals surface area contributed by atoms with Crippen LogP contribution in [0.2, 0.25) is 0 Å². The highest BCUT2D eigenvalue weighted by atomic mass is 32.1. The summed E-state index contributed by atoms with van der Waals surface area (Å²) in [4.78, 5) is 33.2. The van der Waals surface area contributed by atoms with E-state index in [0.29, 0.717) is 51.9 Å². The molecule has 0 bridgehead atoms. The van der Waals surface area contributed by atoms with Gasteiger partial charge in [0.15, 0.2) is 4.80 Å². The average Bonchev–Trinajstić information content (AvgIpc) is 3.29. The Morgan fingerprint density at radius 3 is 2.65 bits per heavy atom. The van der Waals surface area contributed by atoms with Crippen molar-refractivity contribution in [2.24, 2.45) is 4.99 Å². The highest BCUT2D eigenvalue weighted by Gasteiger charge is 2.28. The summed E-state index contributed by atoms with van der Waals surface area (Å²) in [7, 11) is 1.62. The first kappa shape index (κ1) is 19.4. The van der Waals surface area contributed by atoms with Gasteiger partial charge in [-0.15, -0.1) is 0 Å². The van der Waals surface area contributed by atoms with Gasteiger partial charge in [0.1, 0.15) is 29.4 Å². The van der Waals surface area contributed by atoms with Gasteiger partial charge in [-0.05, 0) is 49.4 Å². The van der Waals surface area contributed by atoms with Crippen LogP contribution in [0.25, 0.3) is 5.57 Å². The van der Waals surface area contributed by atoms with Crippen LogP contribution in [0.5, 0.6) is 11.5 Å². The van der Waals surface area contributed by atoms with Crippen molar-refractivity contribution in [2.75, 3.05) is 30.6 Å². The second-order valence-electron chi connectivity index (χ2n) is 7.10. The minimum Gasteiger partial charge on any atom is -0.497 e. The third-order valence-corrected chi connectivity index (χ3v) is 6.38. The van der Waals surface area contributed by atoms with Gasteiger partial charge in [-0.3, -0.25) is 14.2 Å². The minimum absolute atomic E-state index is 0.221. The number of benzene rings is 2. The zero-order valence-corrected chi connectivity index (χ0v) is 17.9. The Bertz CT molecular complexity index is 1360. The zero-order chi connectivity index (χ0) is 21.5. The lowest BCUT2D eigenvalue weighted by molar-refractivity contribution is -0.110. The number of hydrogen-bond donors (Lipinski definition) is 1. The quantitative estimate of drug-likeness (QED) is 0.671. The normalized spacial score (nSPS) is 16.3. The number of hydrogen-bond acceptors (Lipinski definition) is 7. The molecule has 3 heterocycles. The largest absolute Gasteiger partial charge is 0.497 e. The van der Waals surface area contributed by atoms with Crippen molar-refractivity contribution in [3.8, 4) is 11.5 Å². The maximum absolute atomic E-state index is 13.3. The molecule has 0 spiro atoms. The van der Waals surface area contributed by atoms with E-state index in [-0.39, 0.29) is 11.5 Å². The molecule has 1 aromatic heterocycles. The SMILES string of the molecule is CCOc1ccc2c(c1)C(=c1sc3n(c1=O)CN(c1ccc(OC)cc1)CN=3)C(=O)N2. The number of carbonyl (C=O) groups is 1. The minimum atomic E-state index is -0.285. The van der Waals surface area contributed by atoms with E-state index in [2.05, 4.69) is 10.3 Å². The third kappa shape index (κ3) is 3.27. The Labute approximate surface area is 181 Å². The summed E-state index contributed by atoms with van der Waals surface area (Å²) < 4.78 is 12.8. The number of methoxy groups -OCH3 is 1. The number of carbonyl (C=O) groups excluding carboxylic acids is 1. The predicted octanol–water partition coefficient (Wildman–Crippen LogP) is 1.52. The number of nitrogens with zero attached hydrogens (tertiary/aromatic N) is 3. The number of rotatable bonds is 4. The standard InChI is InChI=1S/C22H20N4O4S/c1-3-30-15-8-9-17-16(10-15)18(20(27)24-17)19-21(28)26-12-25(11-23-22(26)31-19)13-4-6-14(29-2)7-5-13/h4-10H,3,11-12H2,1-2H3,(H,24,27). The highest BCUT2D eigenvalue weighted by molar-refractivity contribution is 7.07. The molecule has 158 valence electrons. The summed E-state index contributed by atoms with van der Waals surface area (Å²) in [5, 5.41) is 2.84. The van der Waals surface area contributed by atoms with Crippen LogP contribution in [-0.4, -0.2) is 30.9 Å². The molecular weight excluding hydrogens is 416 g/mol.